The van der Waals surface area contributed by atoms with Crippen molar-refractivity contribution < 1.29 is 14.3 Å². The molecule has 2 aromatic carbocycles. The highest BCUT2D eigenvalue weighted by Gasteiger charge is 2.11. The molecule has 0 aliphatic rings. The van der Waals surface area contributed by atoms with Gasteiger partial charge in [-0.05, 0) is 30.3 Å². The lowest BCUT2D eigenvalue weighted by Gasteiger charge is -2.11. The van der Waals surface area contributed by atoms with Crippen LogP contribution in [0.1, 0.15) is 4.88 Å². The lowest BCUT2D eigenvalue weighted by molar-refractivity contribution is -0.115. The minimum atomic E-state index is -0.225. The van der Waals surface area contributed by atoms with Gasteiger partial charge in [0.15, 0.2) is 5.43 Å². The molecule has 0 spiro atoms. The van der Waals surface area contributed by atoms with Crippen LogP contribution in [0.15, 0.2) is 53.3 Å². The van der Waals surface area contributed by atoms with Crippen molar-refractivity contribution in [1.82, 2.24) is 0 Å². The molecule has 0 aliphatic carbocycles. The van der Waals surface area contributed by atoms with Crippen molar-refractivity contribution in [1.29, 1.82) is 0 Å². The summed E-state index contributed by atoms with van der Waals surface area (Å²) in [5.74, 6) is 0.935. The summed E-state index contributed by atoms with van der Waals surface area (Å²) in [6.07, 6.45) is 0.116. The summed E-state index contributed by atoms with van der Waals surface area (Å²) in [4.78, 5) is 25.3. The number of carbonyl (C=O) groups is 1. The summed E-state index contributed by atoms with van der Waals surface area (Å²) >= 11 is 1.44. The van der Waals surface area contributed by atoms with E-state index in [-0.39, 0.29) is 17.8 Å². The van der Waals surface area contributed by atoms with Crippen LogP contribution in [0.5, 0.6) is 11.5 Å². The minimum absolute atomic E-state index is 0.0730. The molecule has 128 valence electrons. The molecule has 1 heterocycles. The highest BCUT2D eigenvalue weighted by Crippen LogP contribution is 2.29. The Bertz CT molecular complexity index is 981. The number of anilines is 1. The fourth-order valence-corrected chi connectivity index (χ4v) is 3.58. The summed E-state index contributed by atoms with van der Waals surface area (Å²) in [6.45, 7) is 0. The first-order valence-electron chi connectivity index (χ1n) is 7.64. The number of rotatable bonds is 5. The number of benzene rings is 2. The third-order valence-electron chi connectivity index (χ3n) is 3.70. The monoisotopic (exact) mass is 355 g/mol. The molecule has 5 nitrogen and oxygen atoms in total. The Hall–Kier alpha value is -2.86. The Balaban J connectivity index is 1.82. The second-order valence-corrected chi connectivity index (χ2v) is 6.53. The quantitative estimate of drug-likeness (QED) is 0.761. The van der Waals surface area contributed by atoms with E-state index in [0.717, 1.165) is 4.70 Å². The topological polar surface area (TPSA) is 64.6 Å². The Kier molecular flexibility index (Phi) is 5.00. The average molecular weight is 355 g/mol. The van der Waals surface area contributed by atoms with E-state index in [0.29, 0.717) is 27.4 Å². The molecule has 3 aromatic rings. The van der Waals surface area contributed by atoms with E-state index in [1.165, 1.54) is 24.5 Å². The largest absolute Gasteiger partial charge is 0.497 e. The van der Waals surface area contributed by atoms with E-state index in [9.17, 15) is 9.59 Å². The number of hydrogen-bond acceptors (Lipinski definition) is 5. The number of amides is 1. The van der Waals surface area contributed by atoms with Crippen LogP contribution in [0, 0.1) is 0 Å². The molecule has 0 bridgehead atoms. The molecule has 0 aliphatic heterocycles. The van der Waals surface area contributed by atoms with Crippen molar-refractivity contribution in [3.05, 3.63) is 63.6 Å². The zero-order valence-electron chi connectivity index (χ0n) is 13.9. The van der Waals surface area contributed by atoms with Gasteiger partial charge in [0.25, 0.3) is 0 Å². The summed E-state index contributed by atoms with van der Waals surface area (Å²) in [7, 11) is 3.09. The van der Waals surface area contributed by atoms with Crippen LogP contribution >= 0.6 is 11.3 Å². The lowest BCUT2D eigenvalue weighted by Crippen LogP contribution is -2.15. The molecule has 0 saturated heterocycles. The fraction of sp³-hybridized carbons (Fsp3) is 0.158. The van der Waals surface area contributed by atoms with E-state index in [1.54, 1.807) is 31.4 Å². The number of fused-ring (bicyclic) bond motifs is 1. The second kappa shape index (κ2) is 7.36. The number of methoxy groups -OCH3 is 2. The smallest absolute Gasteiger partial charge is 0.229 e. The van der Waals surface area contributed by atoms with Gasteiger partial charge in [0.05, 0.1) is 26.3 Å². The summed E-state index contributed by atoms with van der Waals surface area (Å²) < 4.78 is 11.3. The van der Waals surface area contributed by atoms with E-state index in [4.69, 9.17) is 9.47 Å². The van der Waals surface area contributed by atoms with Crippen LogP contribution in [0.2, 0.25) is 0 Å². The van der Waals surface area contributed by atoms with Gasteiger partial charge in [0, 0.05) is 21.0 Å². The van der Waals surface area contributed by atoms with Crippen LogP contribution in [0.3, 0.4) is 0 Å². The molecular weight excluding hydrogens is 338 g/mol. The van der Waals surface area contributed by atoms with E-state index >= 15 is 0 Å². The van der Waals surface area contributed by atoms with Crippen LogP contribution in [0.25, 0.3) is 10.1 Å². The number of hydrogen-bond donors (Lipinski definition) is 1. The zero-order chi connectivity index (χ0) is 17.8. The number of nitrogens with one attached hydrogen (secondary N) is 1. The molecule has 25 heavy (non-hydrogen) atoms. The van der Waals surface area contributed by atoms with Gasteiger partial charge in [-0.15, -0.1) is 11.3 Å². The molecular formula is C19H17NO4S. The predicted octanol–water partition coefficient (Wildman–Crippen LogP) is 3.46. The molecule has 0 fully saturated rings. The van der Waals surface area contributed by atoms with E-state index in [2.05, 4.69) is 5.32 Å². The van der Waals surface area contributed by atoms with Gasteiger partial charge < -0.3 is 14.8 Å². The van der Waals surface area contributed by atoms with E-state index in [1.807, 2.05) is 18.2 Å². The van der Waals surface area contributed by atoms with Gasteiger partial charge in [-0.3, -0.25) is 9.59 Å². The van der Waals surface area contributed by atoms with Crippen LogP contribution in [0.4, 0.5) is 5.69 Å². The van der Waals surface area contributed by atoms with Crippen molar-refractivity contribution in [3.63, 3.8) is 0 Å². The molecule has 3 rings (SSSR count). The normalized spacial score (nSPS) is 10.5. The molecule has 1 amide bonds. The average Bonchev–Trinajstić information content (AvgIpc) is 2.61. The molecule has 0 radical (unpaired) electrons. The predicted molar refractivity (Wildman–Crippen MR) is 100.0 cm³/mol. The first kappa shape index (κ1) is 17.0. The standard InChI is InChI=1S/C19H17NO4S/c1-23-12-7-8-17(24-2)15(9-12)20-19(22)11-13-10-16(21)14-5-3-4-6-18(14)25-13/h3-10H,11H2,1-2H3,(H,20,22). The van der Waals surface area contributed by atoms with Gasteiger partial charge in [0.2, 0.25) is 5.91 Å². The van der Waals surface area contributed by atoms with Crippen molar-refractivity contribution >= 4 is 33.0 Å². The Morgan fingerprint density at radius 3 is 2.64 bits per heavy atom. The molecule has 1 aromatic heterocycles. The zero-order valence-corrected chi connectivity index (χ0v) is 14.7. The van der Waals surface area contributed by atoms with Crippen molar-refractivity contribution in [2.75, 3.05) is 19.5 Å². The summed E-state index contributed by atoms with van der Waals surface area (Å²) in [5.41, 5.74) is 0.455. The highest BCUT2D eigenvalue weighted by molar-refractivity contribution is 7.18. The molecule has 1 N–H and O–H groups in total. The molecule has 0 saturated carbocycles. The van der Waals surface area contributed by atoms with Crippen LogP contribution < -0.4 is 20.2 Å². The van der Waals surface area contributed by atoms with Gasteiger partial charge >= 0.3 is 0 Å². The maximum atomic E-state index is 12.4. The van der Waals surface area contributed by atoms with Crippen molar-refractivity contribution in [2.45, 2.75) is 6.42 Å². The van der Waals surface area contributed by atoms with Crippen molar-refractivity contribution in [2.24, 2.45) is 0 Å². The molecule has 0 atom stereocenters. The van der Waals surface area contributed by atoms with E-state index < -0.39 is 0 Å². The Labute approximate surface area is 148 Å². The Morgan fingerprint density at radius 2 is 1.88 bits per heavy atom. The SMILES string of the molecule is COc1ccc(OC)c(NC(=O)Cc2cc(=O)c3ccccc3s2)c1. The first-order chi connectivity index (χ1) is 12.1. The highest BCUT2D eigenvalue weighted by atomic mass is 32.1. The summed E-state index contributed by atoms with van der Waals surface area (Å²) in [6, 6.07) is 14.1. The third-order valence-corrected chi connectivity index (χ3v) is 4.80. The fourth-order valence-electron chi connectivity index (χ4n) is 2.51. The first-order valence-corrected chi connectivity index (χ1v) is 8.46. The van der Waals surface area contributed by atoms with Crippen molar-refractivity contribution in [3.8, 4) is 11.5 Å². The van der Waals surface area contributed by atoms with Gasteiger partial charge in [-0.1, -0.05) is 12.1 Å². The van der Waals surface area contributed by atoms with Gasteiger partial charge in [-0.2, -0.15) is 0 Å². The Morgan fingerprint density at radius 1 is 1.08 bits per heavy atom. The molecule has 0 unspecified atom stereocenters. The number of carbonyl (C=O) groups excluding carboxylic acids is 1. The van der Waals surface area contributed by atoms with Gasteiger partial charge in [-0.25, -0.2) is 0 Å². The number of ether oxygens (including phenoxy) is 2. The van der Waals surface area contributed by atoms with Gasteiger partial charge in [0.1, 0.15) is 11.5 Å². The third kappa shape index (κ3) is 3.80. The van der Waals surface area contributed by atoms with Crippen LogP contribution in [-0.4, -0.2) is 20.1 Å². The lowest BCUT2D eigenvalue weighted by atomic mass is 10.2. The maximum absolute atomic E-state index is 12.4. The maximum Gasteiger partial charge on any atom is 0.229 e. The molecule has 6 heteroatoms. The van der Waals surface area contributed by atoms with Crippen LogP contribution in [-0.2, 0) is 11.2 Å². The summed E-state index contributed by atoms with van der Waals surface area (Å²) in [5, 5.41) is 3.49. The minimum Gasteiger partial charge on any atom is -0.497 e. The second-order valence-electron chi connectivity index (χ2n) is 5.36.